The van der Waals surface area contributed by atoms with Crippen molar-refractivity contribution >= 4 is 11.5 Å². The Morgan fingerprint density at radius 3 is 2.40 bits per heavy atom. The van der Waals surface area contributed by atoms with Gasteiger partial charge in [0.25, 0.3) is 0 Å². The van der Waals surface area contributed by atoms with E-state index in [0.29, 0.717) is 0 Å². The molecule has 20 heavy (non-hydrogen) atoms. The molecular weight excluding hydrogens is 250 g/mol. The highest BCUT2D eigenvalue weighted by Crippen LogP contribution is 2.13. The number of ketones is 1. The Labute approximate surface area is 122 Å². The van der Waals surface area contributed by atoms with Gasteiger partial charge in [0.15, 0.2) is 5.78 Å². The largest absolute Gasteiger partial charge is 0.297 e. The fraction of sp³-hybridized carbons (Fsp3) is 0.588. The summed E-state index contributed by atoms with van der Waals surface area (Å²) in [7, 11) is 0. The number of Topliss-reactive ketones (excluding diaryl/α,β-unsaturated/α-hetero) is 1. The smallest absolute Gasteiger partial charge is 0.161 e. The maximum atomic E-state index is 11.6. The van der Waals surface area contributed by atoms with E-state index in [9.17, 15) is 4.79 Å². The summed E-state index contributed by atoms with van der Waals surface area (Å²) >= 11 is 0. The summed E-state index contributed by atoms with van der Waals surface area (Å²) in [5.41, 5.74) is 3.74. The maximum absolute atomic E-state index is 11.6. The number of hydrogen-bond donors (Lipinski definition) is 1. The number of nitrogens with one attached hydrogen (secondary N) is 1. The Morgan fingerprint density at radius 2 is 1.75 bits per heavy atom. The van der Waals surface area contributed by atoms with Gasteiger partial charge in [0.2, 0.25) is 0 Å². The van der Waals surface area contributed by atoms with Crippen LogP contribution in [0.15, 0.2) is 30.3 Å². The Hall–Kier alpha value is -1.35. The van der Waals surface area contributed by atoms with Gasteiger partial charge in [0.05, 0.1) is 5.69 Å². The summed E-state index contributed by atoms with van der Waals surface area (Å²) in [5.74, 6) is 0.0852. The van der Waals surface area contributed by atoms with Gasteiger partial charge >= 0.3 is 0 Å². The minimum atomic E-state index is -0.346. The maximum Gasteiger partial charge on any atom is 0.161 e. The van der Waals surface area contributed by atoms with Crippen molar-refractivity contribution in [3.05, 3.63) is 30.3 Å². The van der Waals surface area contributed by atoms with E-state index in [0.717, 1.165) is 18.5 Å². The summed E-state index contributed by atoms with van der Waals surface area (Å²) in [6.07, 6.45) is 7.79. The SMILES string of the molecule is CCCCCCCCC(ONc1ccccc1)C(C)=O. The normalized spacial score (nSPS) is 12.1. The highest BCUT2D eigenvalue weighted by atomic mass is 16.7. The van der Waals surface area contributed by atoms with E-state index in [4.69, 9.17) is 4.84 Å². The highest BCUT2D eigenvalue weighted by molar-refractivity contribution is 5.80. The monoisotopic (exact) mass is 277 g/mol. The molecule has 1 N–H and O–H groups in total. The number of anilines is 1. The Bertz CT molecular complexity index is 365. The Balaban J connectivity index is 2.21. The van der Waals surface area contributed by atoms with E-state index < -0.39 is 0 Å². The second-order valence-electron chi connectivity index (χ2n) is 5.24. The van der Waals surface area contributed by atoms with Gasteiger partial charge in [0, 0.05) is 0 Å². The summed E-state index contributed by atoms with van der Waals surface area (Å²) < 4.78 is 0. The van der Waals surface area contributed by atoms with Crippen LogP contribution in [0, 0.1) is 0 Å². The van der Waals surface area contributed by atoms with Gasteiger partial charge in [0.1, 0.15) is 6.10 Å². The van der Waals surface area contributed by atoms with Crippen molar-refractivity contribution in [3.63, 3.8) is 0 Å². The highest BCUT2D eigenvalue weighted by Gasteiger charge is 2.14. The number of unbranched alkanes of at least 4 members (excludes halogenated alkanes) is 5. The molecule has 1 aromatic rings. The topological polar surface area (TPSA) is 38.3 Å². The molecule has 0 saturated carbocycles. The fourth-order valence-corrected chi connectivity index (χ4v) is 2.10. The van der Waals surface area contributed by atoms with Gasteiger partial charge < -0.3 is 0 Å². The van der Waals surface area contributed by atoms with Crippen LogP contribution in [-0.2, 0) is 9.63 Å². The molecule has 0 aliphatic heterocycles. The minimum absolute atomic E-state index is 0.0852. The van der Waals surface area contributed by atoms with Gasteiger partial charge in [-0.25, -0.2) is 0 Å². The van der Waals surface area contributed by atoms with Crippen LogP contribution < -0.4 is 5.48 Å². The molecule has 1 aromatic carbocycles. The van der Waals surface area contributed by atoms with Crippen LogP contribution in [0.5, 0.6) is 0 Å². The summed E-state index contributed by atoms with van der Waals surface area (Å²) in [4.78, 5) is 17.1. The molecule has 0 amide bonds. The molecule has 1 unspecified atom stereocenters. The predicted molar refractivity (Wildman–Crippen MR) is 83.6 cm³/mol. The first kappa shape index (κ1) is 16.7. The zero-order valence-corrected chi connectivity index (χ0v) is 12.7. The van der Waals surface area contributed by atoms with Gasteiger partial charge in [-0.1, -0.05) is 63.6 Å². The van der Waals surface area contributed by atoms with Crippen molar-refractivity contribution in [2.45, 2.75) is 64.9 Å². The van der Waals surface area contributed by atoms with Crippen LogP contribution in [-0.4, -0.2) is 11.9 Å². The van der Waals surface area contributed by atoms with Gasteiger partial charge in [-0.15, -0.1) is 0 Å². The van der Waals surface area contributed by atoms with E-state index in [1.165, 1.54) is 32.1 Å². The third-order valence-corrected chi connectivity index (χ3v) is 3.37. The number of para-hydroxylation sites is 1. The number of hydrogen-bond acceptors (Lipinski definition) is 3. The molecule has 0 aliphatic carbocycles. The van der Waals surface area contributed by atoms with E-state index in [1.807, 2.05) is 30.3 Å². The van der Waals surface area contributed by atoms with E-state index in [1.54, 1.807) is 6.92 Å². The molecule has 0 fully saturated rings. The van der Waals surface area contributed by atoms with Crippen LogP contribution >= 0.6 is 0 Å². The van der Waals surface area contributed by atoms with Gasteiger partial charge in [-0.2, -0.15) is 0 Å². The Kier molecular flexibility index (Phi) is 8.72. The summed E-state index contributed by atoms with van der Waals surface area (Å²) in [5, 5.41) is 0. The standard InChI is InChI=1S/C17H27NO2/c1-3-4-5-6-7-11-14-17(15(2)19)20-18-16-12-9-8-10-13-16/h8-10,12-13,17-18H,3-7,11,14H2,1-2H3. The zero-order valence-electron chi connectivity index (χ0n) is 12.7. The number of carbonyl (C=O) groups is 1. The molecule has 1 rings (SSSR count). The summed E-state index contributed by atoms with van der Waals surface area (Å²) in [6.45, 7) is 3.81. The molecule has 0 heterocycles. The molecule has 3 heteroatoms. The first-order valence-electron chi connectivity index (χ1n) is 7.71. The first-order valence-corrected chi connectivity index (χ1v) is 7.71. The van der Waals surface area contributed by atoms with Crippen molar-refractivity contribution in [3.8, 4) is 0 Å². The lowest BCUT2D eigenvalue weighted by Crippen LogP contribution is -2.24. The molecule has 0 aliphatic rings. The lowest BCUT2D eigenvalue weighted by Gasteiger charge is -2.15. The average molecular weight is 277 g/mol. The van der Waals surface area contributed by atoms with Gasteiger partial charge in [-0.3, -0.25) is 15.1 Å². The molecule has 0 spiro atoms. The fourth-order valence-electron chi connectivity index (χ4n) is 2.10. The van der Waals surface area contributed by atoms with Crippen LogP contribution in [0.2, 0.25) is 0 Å². The van der Waals surface area contributed by atoms with Crippen LogP contribution in [0.3, 0.4) is 0 Å². The first-order chi connectivity index (χ1) is 9.74. The third-order valence-electron chi connectivity index (χ3n) is 3.37. The molecule has 1 atom stereocenters. The van der Waals surface area contributed by atoms with Crippen LogP contribution in [0.4, 0.5) is 5.69 Å². The third kappa shape index (κ3) is 7.29. The molecule has 0 bridgehead atoms. The number of benzene rings is 1. The second kappa shape index (κ2) is 10.4. The van der Waals surface area contributed by atoms with Crippen molar-refractivity contribution in [2.24, 2.45) is 0 Å². The van der Waals surface area contributed by atoms with Crippen molar-refractivity contribution in [1.29, 1.82) is 0 Å². The molecule has 3 nitrogen and oxygen atoms in total. The molecule has 0 radical (unpaired) electrons. The average Bonchev–Trinajstić information content (AvgIpc) is 2.46. The second-order valence-corrected chi connectivity index (χ2v) is 5.24. The van der Waals surface area contributed by atoms with Crippen molar-refractivity contribution in [1.82, 2.24) is 0 Å². The van der Waals surface area contributed by atoms with Crippen LogP contribution in [0.1, 0.15) is 58.8 Å². The summed E-state index contributed by atoms with van der Waals surface area (Å²) in [6, 6.07) is 9.65. The van der Waals surface area contributed by atoms with Crippen molar-refractivity contribution in [2.75, 3.05) is 5.48 Å². The zero-order chi connectivity index (χ0) is 14.6. The van der Waals surface area contributed by atoms with E-state index in [-0.39, 0.29) is 11.9 Å². The quantitative estimate of drug-likeness (QED) is 0.469. The number of rotatable bonds is 11. The lowest BCUT2D eigenvalue weighted by molar-refractivity contribution is -0.127. The molecule has 112 valence electrons. The Morgan fingerprint density at radius 1 is 1.10 bits per heavy atom. The number of carbonyl (C=O) groups excluding carboxylic acids is 1. The van der Waals surface area contributed by atoms with Crippen molar-refractivity contribution < 1.29 is 9.63 Å². The predicted octanol–water partition coefficient (Wildman–Crippen LogP) is 4.74. The van der Waals surface area contributed by atoms with Crippen LogP contribution in [0.25, 0.3) is 0 Å². The molecule has 0 saturated heterocycles. The van der Waals surface area contributed by atoms with Gasteiger partial charge in [-0.05, 0) is 25.5 Å². The lowest BCUT2D eigenvalue weighted by atomic mass is 10.1. The van der Waals surface area contributed by atoms with E-state index >= 15 is 0 Å². The minimum Gasteiger partial charge on any atom is -0.297 e. The van der Waals surface area contributed by atoms with E-state index in [2.05, 4.69) is 12.4 Å². The molecular formula is C17H27NO2. The molecule has 0 aromatic heterocycles.